The number of hydrogen-bond donors (Lipinski definition) is 2. The summed E-state index contributed by atoms with van der Waals surface area (Å²) in [5.74, 6) is -5.16. The van der Waals surface area contributed by atoms with E-state index in [-0.39, 0.29) is 30.7 Å². The Hall–Kier alpha value is -3.44. The summed E-state index contributed by atoms with van der Waals surface area (Å²) in [5.41, 5.74) is 5.47. The van der Waals surface area contributed by atoms with Crippen LogP contribution < -0.4 is 10.5 Å². The van der Waals surface area contributed by atoms with Crippen molar-refractivity contribution in [1.29, 1.82) is 0 Å². The molecule has 186 valence electrons. The largest absolute Gasteiger partial charge is 0.482 e. The standard InChI is InChI=1S/C22H27F2N3O7/c1-21(2,3)34-17(28)7-6-15(18(25)29)27-9-12-8-13(4-5-14(12)19(27)30)33-16-10-26(20(31)32)11-22(16,23)24/h4-5,8,15-16H,6-7,9-11H2,1-3H3,(H2,25,29)(H,31,32)/t15-,16+/m0/s1. The summed E-state index contributed by atoms with van der Waals surface area (Å²) in [6.45, 7) is 3.61. The molecule has 1 saturated heterocycles. The van der Waals surface area contributed by atoms with E-state index in [1.54, 1.807) is 20.8 Å². The number of amides is 3. The maximum atomic E-state index is 14.2. The van der Waals surface area contributed by atoms with E-state index in [1.807, 2.05) is 0 Å². The van der Waals surface area contributed by atoms with Gasteiger partial charge in [-0.1, -0.05) is 0 Å². The lowest BCUT2D eigenvalue weighted by Gasteiger charge is -2.25. The van der Waals surface area contributed by atoms with Gasteiger partial charge in [-0.25, -0.2) is 13.6 Å². The monoisotopic (exact) mass is 483 g/mol. The van der Waals surface area contributed by atoms with Gasteiger partial charge in [0, 0.05) is 18.5 Å². The molecule has 1 aromatic rings. The van der Waals surface area contributed by atoms with Gasteiger partial charge in [0.2, 0.25) is 5.91 Å². The third-order valence-corrected chi connectivity index (χ3v) is 5.46. The maximum Gasteiger partial charge on any atom is 0.407 e. The molecule has 0 radical (unpaired) electrons. The Bertz CT molecular complexity index is 1010. The summed E-state index contributed by atoms with van der Waals surface area (Å²) in [5, 5.41) is 8.97. The highest BCUT2D eigenvalue weighted by Gasteiger charge is 2.51. The van der Waals surface area contributed by atoms with E-state index in [0.29, 0.717) is 10.5 Å². The van der Waals surface area contributed by atoms with Crippen LogP contribution in [0.2, 0.25) is 0 Å². The first kappa shape index (κ1) is 25.2. The fourth-order valence-corrected chi connectivity index (χ4v) is 3.93. The van der Waals surface area contributed by atoms with Crippen molar-refractivity contribution < 1.29 is 42.5 Å². The minimum absolute atomic E-state index is 0.0321. The molecule has 2 atom stereocenters. The maximum absolute atomic E-state index is 14.2. The number of ether oxygens (including phenoxy) is 2. The number of primary amides is 1. The van der Waals surface area contributed by atoms with Crippen LogP contribution in [0.3, 0.4) is 0 Å². The van der Waals surface area contributed by atoms with E-state index < -0.39 is 60.6 Å². The lowest BCUT2D eigenvalue weighted by Crippen LogP contribution is -2.45. The molecule has 34 heavy (non-hydrogen) atoms. The zero-order chi connectivity index (χ0) is 25.4. The van der Waals surface area contributed by atoms with Gasteiger partial charge in [0.25, 0.3) is 5.91 Å². The minimum Gasteiger partial charge on any atom is -0.482 e. The highest BCUT2D eigenvalue weighted by Crippen LogP contribution is 2.34. The molecule has 0 spiro atoms. The van der Waals surface area contributed by atoms with Gasteiger partial charge in [-0.3, -0.25) is 19.3 Å². The molecular weight excluding hydrogens is 456 g/mol. The highest BCUT2D eigenvalue weighted by atomic mass is 19.3. The molecule has 10 nitrogen and oxygen atoms in total. The summed E-state index contributed by atoms with van der Waals surface area (Å²) in [4.78, 5) is 49.8. The van der Waals surface area contributed by atoms with Gasteiger partial charge < -0.3 is 25.2 Å². The number of nitrogens with two attached hydrogens (primary N) is 1. The summed E-state index contributed by atoms with van der Waals surface area (Å²) in [6, 6.07) is 3.05. The molecule has 2 heterocycles. The second-order valence-electron chi connectivity index (χ2n) is 9.33. The third kappa shape index (κ3) is 5.54. The number of carbonyl (C=O) groups excluding carboxylic acids is 3. The smallest absolute Gasteiger partial charge is 0.407 e. The first-order valence-corrected chi connectivity index (χ1v) is 10.7. The summed E-state index contributed by atoms with van der Waals surface area (Å²) < 4.78 is 38.9. The number of carboxylic acid groups (broad SMARTS) is 1. The van der Waals surface area contributed by atoms with Crippen LogP contribution in [-0.2, 0) is 20.9 Å². The van der Waals surface area contributed by atoms with Crippen molar-refractivity contribution >= 4 is 23.9 Å². The second-order valence-corrected chi connectivity index (χ2v) is 9.33. The van der Waals surface area contributed by atoms with Crippen LogP contribution >= 0.6 is 0 Å². The van der Waals surface area contributed by atoms with Crippen LogP contribution in [0.15, 0.2) is 18.2 Å². The Morgan fingerprint density at radius 2 is 1.97 bits per heavy atom. The number of carbonyl (C=O) groups is 4. The van der Waals surface area contributed by atoms with E-state index in [4.69, 9.17) is 20.3 Å². The number of hydrogen-bond acceptors (Lipinski definition) is 6. The van der Waals surface area contributed by atoms with Crippen molar-refractivity contribution in [2.75, 3.05) is 13.1 Å². The molecule has 1 aromatic carbocycles. The number of esters is 1. The first-order chi connectivity index (χ1) is 15.7. The number of nitrogens with zero attached hydrogens (tertiary/aromatic N) is 2. The van der Waals surface area contributed by atoms with E-state index in [2.05, 4.69) is 0 Å². The van der Waals surface area contributed by atoms with Gasteiger partial charge in [0.15, 0.2) is 6.10 Å². The van der Waals surface area contributed by atoms with Crippen LogP contribution in [0.1, 0.15) is 49.5 Å². The van der Waals surface area contributed by atoms with Gasteiger partial charge in [-0.2, -0.15) is 0 Å². The van der Waals surface area contributed by atoms with Crippen LogP contribution in [0.5, 0.6) is 5.75 Å². The summed E-state index contributed by atoms with van der Waals surface area (Å²) in [7, 11) is 0. The van der Waals surface area contributed by atoms with Gasteiger partial charge in [0.05, 0.1) is 13.1 Å². The van der Waals surface area contributed by atoms with Gasteiger partial charge in [-0.05, 0) is 51.0 Å². The molecular formula is C22H27F2N3O7. The van der Waals surface area contributed by atoms with Crippen LogP contribution in [-0.4, -0.2) is 75.5 Å². The lowest BCUT2D eigenvalue weighted by molar-refractivity contribution is -0.155. The molecule has 0 unspecified atom stereocenters. The SMILES string of the molecule is CC(C)(C)OC(=O)CC[C@@H](C(N)=O)N1Cc2cc(O[C@@H]3CN(C(=O)O)CC3(F)F)ccc2C1=O. The van der Waals surface area contributed by atoms with Crippen molar-refractivity contribution in [3.05, 3.63) is 29.3 Å². The molecule has 0 saturated carbocycles. The highest BCUT2D eigenvalue weighted by molar-refractivity contribution is 6.01. The Balaban J connectivity index is 1.70. The molecule has 0 bridgehead atoms. The molecule has 2 aliphatic heterocycles. The summed E-state index contributed by atoms with van der Waals surface area (Å²) in [6.07, 6.45) is -3.31. The number of benzene rings is 1. The second kappa shape index (κ2) is 9.07. The zero-order valence-corrected chi connectivity index (χ0v) is 19.0. The number of rotatable bonds is 7. The van der Waals surface area contributed by atoms with Crippen molar-refractivity contribution in [3.63, 3.8) is 0 Å². The van der Waals surface area contributed by atoms with E-state index in [1.165, 1.54) is 23.1 Å². The topological polar surface area (TPSA) is 139 Å². The summed E-state index contributed by atoms with van der Waals surface area (Å²) >= 11 is 0. The Labute approximate surface area is 194 Å². The normalized spacial score (nSPS) is 20.1. The molecule has 0 aromatic heterocycles. The van der Waals surface area contributed by atoms with E-state index >= 15 is 0 Å². The van der Waals surface area contributed by atoms with Crippen molar-refractivity contribution in [1.82, 2.24) is 9.80 Å². The quantitative estimate of drug-likeness (QED) is 0.566. The third-order valence-electron chi connectivity index (χ3n) is 5.46. The van der Waals surface area contributed by atoms with Gasteiger partial charge in [0.1, 0.15) is 17.4 Å². The van der Waals surface area contributed by atoms with Crippen LogP contribution in [0, 0.1) is 0 Å². The van der Waals surface area contributed by atoms with Crippen molar-refractivity contribution in [2.45, 2.75) is 63.8 Å². The average molecular weight is 483 g/mol. The van der Waals surface area contributed by atoms with Gasteiger partial charge in [-0.15, -0.1) is 0 Å². The molecule has 1 fully saturated rings. The van der Waals surface area contributed by atoms with Crippen LogP contribution in [0.25, 0.3) is 0 Å². The zero-order valence-electron chi connectivity index (χ0n) is 19.0. The number of likely N-dealkylation sites (tertiary alicyclic amines) is 1. The molecule has 3 N–H and O–H groups in total. The Kier molecular flexibility index (Phi) is 6.72. The number of fused-ring (bicyclic) bond motifs is 1. The molecule has 12 heteroatoms. The van der Waals surface area contributed by atoms with Gasteiger partial charge >= 0.3 is 18.0 Å². The number of alkyl halides is 2. The fraction of sp³-hybridized carbons (Fsp3) is 0.545. The van der Waals surface area contributed by atoms with E-state index in [9.17, 15) is 28.0 Å². The van der Waals surface area contributed by atoms with Crippen molar-refractivity contribution in [2.24, 2.45) is 5.73 Å². The number of halogens is 2. The molecule has 2 aliphatic rings. The van der Waals surface area contributed by atoms with Crippen LogP contribution in [0.4, 0.5) is 13.6 Å². The van der Waals surface area contributed by atoms with Crippen molar-refractivity contribution in [3.8, 4) is 5.75 Å². The molecule has 3 amide bonds. The fourth-order valence-electron chi connectivity index (χ4n) is 3.93. The first-order valence-electron chi connectivity index (χ1n) is 10.7. The Morgan fingerprint density at radius 1 is 1.29 bits per heavy atom. The predicted octanol–water partition coefficient (Wildman–Crippen LogP) is 1.99. The predicted molar refractivity (Wildman–Crippen MR) is 113 cm³/mol. The average Bonchev–Trinajstić information content (AvgIpc) is 3.17. The minimum atomic E-state index is -3.38. The molecule has 3 rings (SSSR count). The molecule has 0 aliphatic carbocycles. The van der Waals surface area contributed by atoms with E-state index in [0.717, 1.165) is 0 Å². The lowest BCUT2D eigenvalue weighted by atomic mass is 10.1. The Morgan fingerprint density at radius 3 is 2.53 bits per heavy atom.